The molecule has 0 N–H and O–H groups in total. The Morgan fingerprint density at radius 2 is 0.939 bits per heavy atom. The predicted octanol–water partition coefficient (Wildman–Crippen LogP) is 10.8. The molecule has 0 saturated carbocycles. The van der Waals surface area contributed by atoms with Gasteiger partial charge in [0.25, 0.3) is 0 Å². The first-order valence-corrected chi connectivity index (χ1v) is 17.0. The molecule has 2 aromatic rings. The van der Waals surface area contributed by atoms with E-state index in [1.54, 1.807) is 10.7 Å². The molecule has 0 saturated heterocycles. The minimum absolute atomic E-state index is 1.08. The van der Waals surface area contributed by atoms with Crippen LogP contribution in [-0.4, -0.2) is 18.5 Å². The van der Waals surface area contributed by atoms with Gasteiger partial charge in [-0.25, -0.2) is 0 Å². The normalized spacial score (nSPS) is 12.0. The highest BCUT2D eigenvalue weighted by Gasteiger charge is 2.38. The predicted molar refractivity (Wildman–Crippen MR) is 156 cm³/mol. The van der Waals surface area contributed by atoms with Crippen LogP contribution in [0.2, 0.25) is 0 Å². The Morgan fingerprint density at radius 1 is 0.455 bits per heavy atom. The maximum Gasteiger partial charge on any atom is 0.102 e. The summed E-state index contributed by atoms with van der Waals surface area (Å²) < 4.78 is 0. The van der Waals surface area contributed by atoms with Crippen molar-refractivity contribution < 1.29 is 0 Å². The maximum absolute atomic E-state index is 2.49. The fourth-order valence-corrected chi connectivity index (χ4v) is 10.8. The smallest absolute Gasteiger partial charge is 0.0654 e. The molecule has 0 bridgehead atoms. The standard InChI is InChI=1S/C32H54P/c1-4-7-8-9-10-11-12-13-14-15-16-17-18-21-29-33(27-5-2,28-6-3)32-26-22-24-30-23-19-20-25-31(30)32/h19-20,22-26H,4-18,21,27-29H2,1-3H3/q+1. The molecule has 2 rings (SSSR count). The van der Waals surface area contributed by atoms with Gasteiger partial charge >= 0.3 is 0 Å². The largest absolute Gasteiger partial charge is 0.102 e. The van der Waals surface area contributed by atoms with Crippen molar-refractivity contribution in [2.75, 3.05) is 18.5 Å². The lowest BCUT2D eigenvalue weighted by atomic mass is 10.0. The van der Waals surface area contributed by atoms with Crippen LogP contribution in [0.25, 0.3) is 10.8 Å². The summed E-state index contributed by atoms with van der Waals surface area (Å²) in [6, 6.07) is 16.2. The van der Waals surface area contributed by atoms with E-state index in [0.29, 0.717) is 0 Å². The third-order valence-corrected chi connectivity index (χ3v) is 12.7. The maximum atomic E-state index is 2.49. The summed E-state index contributed by atoms with van der Waals surface area (Å²) in [5.41, 5.74) is 0. The Bertz CT molecular complexity index is 723. The average Bonchev–Trinajstić information content (AvgIpc) is 2.84. The van der Waals surface area contributed by atoms with E-state index in [4.69, 9.17) is 0 Å². The first kappa shape index (κ1) is 28.4. The lowest BCUT2D eigenvalue weighted by molar-refractivity contribution is 0.538. The monoisotopic (exact) mass is 469 g/mol. The highest BCUT2D eigenvalue weighted by atomic mass is 31.2. The molecule has 0 aliphatic heterocycles. The van der Waals surface area contributed by atoms with Crippen LogP contribution >= 0.6 is 7.26 Å². The van der Waals surface area contributed by atoms with E-state index >= 15 is 0 Å². The van der Waals surface area contributed by atoms with Crippen LogP contribution < -0.4 is 5.30 Å². The molecule has 0 heterocycles. The highest BCUT2D eigenvalue weighted by molar-refractivity contribution is 7.83. The summed E-state index contributed by atoms with van der Waals surface area (Å²) in [6.07, 6.45) is 27.3. The second-order valence-corrected chi connectivity index (χ2v) is 14.5. The van der Waals surface area contributed by atoms with Gasteiger partial charge in [0, 0.05) is 12.6 Å². The third kappa shape index (κ3) is 10.1. The molecule has 0 aliphatic rings. The number of fused-ring (bicyclic) bond motifs is 1. The van der Waals surface area contributed by atoms with Crippen LogP contribution in [0.4, 0.5) is 0 Å². The molecular weight excluding hydrogens is 415 g/mol. The molecule has 2 aromatic carbocycles. The lowest BCUT2D eigenvalue weighted by Gasteiger charge is -2.28. The van der Waals surface area contributed by atoms with Crippen LogP contribution in [0.15, 0.2) is 42.5 Å². The van der Waals surface area contributed by atoms with Crippen molar-refractivity contribution in [1.82, 2.24) is 0 Å². The van der Waals surface area contributed by atoms with Crippen molar-refractivity contribution in [3.05, 3.63) is 42.5 Å². The Hall–Kier alpha value is -0.870. The van der Waals surface area contributed by atoms with Gasteiger partial charge in [-0.3, -0.25) is 0 Å². The van der Waals surface area contributed by atoms with Crippen LogP contribution in [-0.2, 0) is 0 Å². The van der Waals surface area contributed by atoms with E-state index in [-0.39, 0.29) is 0 Å². The number of hydrogen-bond donors (Lipinski definition) is 0. The minimum Gasteiger partial charge on any atom is -0.0654 e. The molecule has 0 spiro atoms. The number of benzene rings is 2. The van der Waals surface area contributed by atoms with Gasteiger partial charge in [0.1, 0.15) is 5.30 Å². The van der Waals surface area contributed by atoms with Crippen molar-refractivity contribution in [3.8, 4) is 0 Å². The van der Waals surface area contributed by atoms with Gasteiger partial charge in [-0.1, -0.05) is 134 Å². The Balaban J connectivity index is 1.73. The summed E-state index contributed by atoms with van der Waals surface area (Å²) in [7, 11) is -1.08. The van der Waals surface area contributed by atoms with Crippen LogP contribution in [0, 0.1) is 0 Å². The first-order chi connectivity index (χ1) is 16.3. The van der Waals surface area contributed by atoms with Gasteiger partial charge in [0.2, 0.25) is 0 Å². The Labute approximate surface area is 207 Å². The molecule has 0 fully saturated rings. The first-order valence-electron chi connectivity index (χ1n) is 14.6. The van der Waals surface area contributed by atoms with E-state index < -0.39 is 7.26 Å². The van der Waals surface area contributed by atoms with Gasteiger partial charge in [-0.2, -0.15) is 0 Å². The van der Waals surface area contributed by atoms with Gasteiger partial charge in [-0.05, 0) is 37.1 Å². The Kier molecular flexibility index (Phi) is 15.1. The van der Waals surface area contributed by atoms with E-state index in [9.17, 15) is 0 Å². The van der Waals surface area contributed by atoms with Gasteiger partial charge < -0.3 is 0 Å². The number of unbranched alkanes of at least 4 members (excludes halogenated alkanes) is 13. The zero-order chi connectivity index (χ0) is 23.6. The molecule has 0 aromatic heterocycles. The quantitative estimate of drug-likeness (QED) is 0.134. The molecular formula is C32H54P+. The van der Waals surface area contributed by atoms with Gasteiger partial charge in [0.05, 0.1) is 18.5 Å². The van der Waals surface area contributed by atoms with Crippen molar-refractivity contribution in [1.29, 1.82) is 0 Å². The molecule has 1 heteroatoms. The molecule has 33 heavy (non-hydrogen) atoms. The summed E-state index contributed by atoms with van der Waals surface area (Å²) in [5.74, 6) is 0. The number of rotatable bonds is 20. The van der Waals surface area contributed by atoms with Gasteiger partial charge in [0.15, 0.2) is 0 Å². The van der Waals surface area contributed by atoms with Crippen molar-refractivity contribution in [2.45, 2.75) is 124 Å². The second kappa shape index (κ2) is 17.5. The zero-order valence-electron chi connectivity index (χ0n) is 22.4. The highest BCUT2D eigenvalue weighted by Crippen LogP contribution is 2.60. The van der Waals surface area contributed by atoms with Crippen LogP contribution in [0.3, 0.4) is 0 Å². The molecule has 0 nitrogen and oxygen atoms in total. The SMILES string of the molecule is CCCCCCCCCCCCCCCC[P+](CCC)(CCC)c1cccc2ccccc12. The third-order valence-electron chi connectivity index (χ3n) is 7.52. The fourth-order valence-electron chi connectivity index (χ4n) is 5.78. The van der Waals surface area contributed by atoms with Crippen LogP contribution in [0.5, 0.6) is 0 Å². The summed E-state index contributed by atoms with van der Waals surface area (Å²) >= 11 is 0. The average molecular weight is 470 g/mol. The van der Waals surface area contributed by atoms with Crippen molar-refractivity contribution >= 4 is 23.3 Å². The van der Waals surface area contributed by atoms with Gasteiger partial charge in [-0.15, -0.1) is 0 Å². The molecule has 0 atom stereocenters. The molecule has 0 amide bonds. The van der Waals surface area contributed by atoms with E-state index in [2.05, 4.69) is 63.2 Å². The summed E-state index contributed by atoms with van der Waals surface area (Å²) in [6.45, 7) is 7.11. The Morgan fingerprint density at radius 3 is 1.48 bits per heavy atom. The summed E-state index contributed by atoms with van der Waals surface area (Å²) in [5, 5.41) is 4.71. The molecule has 0 unspecified atom stereocenters. The minimum atomic E-state index is -1.08. The zero-order valence-corrected chi connectivity index (χ0v) is 23.3. The second-order valence-electron chi connectivity index (χ2n) is 10.4. The van der Waals surface area contributed by atoms with Crippen LogP contribution in [0.1, 0.15) is 124 Å². The van der Waals surface area contributed by atoms with E-state index in [1.165, 1.54) is 127 Å². The topological polar surface area (TPSA) is 0 Å². The lowest BCUT2D eigenvalue weighted by Crippen LogP contribution is -2.21. The van der Waals surface area contributed by atoms with E-state index in [1.807, 2.05) is 0 Å². The molecule has 0 aliphatic carbocycles. The molecule has 0 radical (unpaired) electrons. The number of hydrogen-bond acceptors (Lipinski definition) is 0. The fraction of sp³-hybridized carbons (Fsp3) is 0.688. The van der Waals surface area contributed by atoms with Crippen molar-refractivity contribution in [2.24, 2.45) is 0 Å². The van der Waals surface area contributed by atoms with E-state index in [0.717, 1.165) is 0 Å². The summed E-state index contributed by atoms with van der Waals surface area (Å²) in [4.78, 5) is 0. The van der Waals surface area contributed by atoms with Crippen molar-refractivity contribution in [3.63, 3.8) is 0 Å². The molecule has 186 valence electrons.